The van der Waals surface area contributed by atoms with Crippen LogP contribution < -0.4 is 10.2 Å². The van der Waals surface area contributed by atoms with Gasteiger partial charge in [-0.1, -0.05) is 23.7 Å². The summed E-state index contributed by atoms with van der Waals surface area (Å²) in [4.78, 5) is 12.3. The highest BCUT2D eigenvalue weighted by atomic mass is 127. The number of halogens is 3. The molecular formula is C23H15ClI2N2O3. The van der Waals surface area contributed by atoms with Crippen LogP contribution in [0.25, 0.3) is 11.0 Å². The van der Waals surface area contributed by atoms with Crippen LogP contribution in [0.3, 0.4) is 0 Å². The summed E-state index contributed by atoms with van der Waals surface area (Å²) in [6, 6.07) is 20.7. The monoisotopic (exact) mass is 656 g/mol. The predicted molar refractivity (Wildman–Crippen MR) is 139 cm³/mol. The van der Waals surface area contributed by atoms with Crippen LogP contribution in [0, 0.1) is 7.14 Å². The van der Waals surface area contributed by atoms with Gasteiger partial charge >= 0.3 is 5.91 Å². The molecule has 156 valence electrons. The van der Waals surface area contributed by atoms with E-state index in [9.17, 15) is 4.79 Å². The highest BCUT2D eigenvalue weighted by Crippen LogP contribution is 2.24. The first-order valence-corrected chi connectivity index (χ1v) is 11.7. The molecule has 0 bridgehead atoms. The van der Waals surface area contributed by atoms with Gasteiger partial charge in [0.25, 0.3) is 0 Å². The molecule has 4 rings (SSSR count). The van der Waals surface area contributed by atoms with Crippen LogP contribution in [0.15, 0.2) is 76.2 Å². The van der Waals surface area contributed by atoms with Crippen molar-refractivity contribution in [3.63, 3.8) is 0 Å². The molecule has 3 aromatic carbocycles. The number of fused-ring (bicyclic) bond motifs is 1. The van der Waals surface area contributed by atoms with Crippen LogP contribution in [-0.4, -0.2) is 12.1 Å². The predicted octanol–water partition coefficient (Wildman–Crippen LogP) is 6.64. The van der Waals surface area contributed by atoms with E-state index < -0.39 is 5.91 Å². The minimum atomic E-state index is -0.434. The van der Waals surface area contributed by atoms with Gasteiger partial charge in [0.2, 0.25) is 0 Å². The lowest BCUT2D eigenvalue weighted by Crippen LogP contribution is -2.16. The Morgan fingerprint density at radius 3 is 2.65 bits per heavy atom. The molecule has 1 heterocycles. The van der Waals surface area contributed by atoms with Gasteiger partial charge in [0.05, 0.1) is 9.78 Å². The van der Waals surface area contributed by atoms with Crippen molar-refractivity contribution in [3.8, 4) is 5.75 Å². The number of nitrogens with one attached hydrogen (secondary N) is 1. The zero-order valence-corrected chi connectivity index (χ0v) is 21.0. The largest absolute Gasteiger partial charge is 0.488 e. The molecule has 0 fully saturated rings. The Hall–Kier alpha value is -2.11. The third-order valence-electron chi connectivity index (χ3n) is 4.35. The fraction of sp³-hybridized carbons (Fsp3) is 0.0435. The molecule has 0 saturated heterocycles. The molecule has 0 radical (unpaired) electrons. The minimum absolute atomic E-state index is 0.170. The van der Waals surface area contributed by atoms with Gasteiger partial charge in [-0.05, 0) is 111 Å². The Labute approximate surface area is 211 Å². The maximum atomic E-state index is 12.3. The maximum absolute atomic E-state index is 12.3. The summed E-state index contributed by atoms with van der Waals surface area (Å²) in [6.07, 6.45) is 1.57. The number of amides is 1. The van der Waals surface area contributed by atoms with Crippen molar-refractivity contribution in [1.82, 2.24) is 5.43 Å². The summed E-state index contributed by atoms with van der Waals surface area (Å²) in [7, 11) is 0. The summed E-state index contributed by atoms with van der Waals surface area (Å²) < 4.78 is 13.6. The number of carbonyl (C=O) groups excluding carboxylic acids is 1. The van der Waals surface area contributed by atoms with E-state index in [-0.39, 0.29) is 5.76 Å². The zero-order chi connectivity index (χ0) is 21.8. The van der Waals surface area contributed by atoms with Gasteiger partial charge in [-0.3, -0.25) is 4.79 Å². The van der Waals surface area contributed by atoms with Gasteiger partial charge in [-0.25, -0.2) is 5.43 Å². The van der Waals surface area contributed by atoms with Crippen LogP contribution in [0.1, 0.15) is 21.7 Å². The van der Waals surface area contributed by atoms with Crippen LogP contribution in [0.4, 0.5) is 0 Å². The van der Waals surface area contributed by atoms with Crippen molar-refractivity contribution in [2.45, 2.75) is 6.61 Å². The average Bonchev–Trinajstić information content (AvgIpc) is 3.17. The highest BCUT2D eigenvalue weighted by Gasteiger charge is 2.11. The van der Waals surface area contributed by atoms with Crippen molar-refractivity contribution < 1.29 is 13.9 Å². The van der Waals surface area contributed by atoms with Gasteiger partial charge < -0.3 is 9.15 Å². The van der Waals surface area contributed by atoms with Crippen molar-refractivity contribution in [2.24, 2.45) is 5.10 Å². The van der Waals surface area contributed by atoms with E-state index in [2.05, 4.69) is 80.0 Å². The Balaban J connectivity index is 1.36. The molecule has 0 spiro atoms. The van der Waals surface area contributed by atoms with E-state index in [4.69, 9.17) is 20.8 Å². The first-order valence-electron chi connectivity index (χ1n) is 9.17. The van der Waals surface area contributed by atoms with E-state index in [0.29, 0.717) is 17.2 Å². The molecule has 8 heteroatoms. The number of benzene rings is 3. The molecule has 0 aliphatic heterocycles. The fourth-order valence-electron chi connectivity index (χ4n) is 2.80. The number of ether oxygens (including phenoxy) is 1. The molecule has 1 amide bonds. The summed E-state index contributed by atoms with van der Waals surface area (Å²) in [6.45, 7) is 0.499. The Kier molecular flexibility index (Phi) is 7.13. The van der Waals surface area contributed by atoms with E-state index in [1.807, 2.05) is 18.2 Å². The van der Waals surface area contributed by atoms with Crippen molar-refractivity contribution in [2.75, 3.05) is 0 Å². The smallest absolute Gasteiger partial charge is 0.307 e. The number of hydrogen-bond acceptors (Lipinski definition) is 4. The zero-order valence-electron chi connectivity index (χ0n) is 15.9. The van der Waals surface area contributed by atoms with Gasteiger partial charge in [-0.2, -0.15) is 5.10 Å². The first-order chi connectivity index (χ1) is 15.0. The van der Waals surface area contributed by atoms with Gasteiger partial charge in [0.1, 0.15) is 17.9 Å². The quantitative estimate of drug-likeness (QED) is 0.144. The second-order valence-electron chi connectivity index (χ2n) is 6.60. The Bertz CT molecular complexity index is 1270. The Morgan fingerprint density at radius 1 is 1.06 bits per heavy atom. The molecule has 0 aliphatic carbocycles. The average molecular weight is 657 g/mol. The van der Waals surface area contributed by atoms with Crippen LogP contribution >= 0.6 is 56.8 Å². The number of carbonyl (C=O) groups is 1. The molecule has 1 aromatic heterocycles. The van der Waals surface area contributed by atoms with Gasteiger partial charge in [0.15, 0.2) is 5.76 Å². The summed E-state index contributed by atoms with van der Waals surface area (Å²) in [5.74, 6) is 0.528. The van der Waals surface area contributed by atoms with E-state index in [1.54, 1.807) is 30.5 Å². The SMILES string of the molecule is O=C(N/N=C/c1ccc(OCc2ccc(I)cc2)c(I)c1)c1cc2cc(Cl)ccc2o1. The molecule has 1 N–H and O–H groups in total. The summed E-state index contributed by atoms with van der Waals surface area (Å²) in [5.41, 5.74) is 5.01. The minimum Gasteiger partial charge on any atom is -0.488 e. The van der Waals surface area contributed by atoms with E-state index in [1.165, 1.54) is 3.57 Å². The van der Waals surface area contributed by atoms with Crippen molar-refractivity contribution >= 4 is 79.9 Å². The summed E-state index contributed by atoms with van der Waals surface area (Å²) in [5, 5.41) is 5.37. The third-order valence-corrected chi connectivity index (χ3v) is 6.14. The molecule has 0 atom stereocenters. The Morgan fingerprint density at radius 2 is 1.87 bits per heavy atom. The fourth-order valence-corrected chi connectivity index (χ4v) is 4.04. The maximum Gasteiger partial charge on any atom is 0.307 e. The number of hydrogen-bond donors (Lipinski definition) is 1. The molecule has 5 nitrogen and oxygen atoms in total. The third kappa shape index (κ3) is 5.78. The molecule has 31 heavy (non-hydrogen) atoms. The topological polar surface area (TPSA) is 63.8 Å². The number of furan rings is 1. The number of rotatable bonds is 6. The lowest BCUT2D eigenvalue weighted by atomic mass is 10.2. The van der Waals surface area contributed by atoms with Gasteiger partial charge in [0, 0.05) is 14.0 Å². The van der Waals surface area contributed by atoms with Crippen molar-refractivity contribution in [1.29, 1.82) is 0 Å². The standard InChI is InChI=1S/C23H15ClI2N2O3/c24-17-4-8-20-16(10-17)11-22(31-20)23(29)28-27-12-15-3-7-21(19(26)9-15)30-13-14-1-5-18(25)6-2-14/h1-12H,13H2,(H,28,29)/b27-12+. The molecule has 0 saturated carbocycles. The molecular weight excluding hydrogens is 642 g/mol. The summed E-state index contributed by atoms with van der Waals surface area (Å²) >= 11 is 10.5. The highest BCUT2D eigenvalue weighted by molar-refractivity contribution is 14.1. The second-order valence-corrected chi connectivity index (χ2v) is 9.44. The normalized spacial score (nSPS) is 11.2. The lowest BCUT2D eigenvalue weighted by molar-refractivity contribution is 0.0929. The number of nitrogens with zero attached hydrogens (tertiary/aromatic N) is 1. The second kappa shape index (κ2) is 10.0. The molecule has 0 unspecified atom stereocenters. The van der Waals surface area contributed by atoms with E-state index in [0.717, 1.165) is 25.8 Å². The van der Waals surface area contributed by atoms with Crippen molar-refractivity contribution in [3.05, 3.63) is 95.8 Å². The van der Waals surface area contributed by atoms with Crippen LogP contribution in [-0.2, 0) is 6.61 Å². The molecule has 4 aromatic rings. The van der Waals surface area contributed by atoms with Crippen LogP contribution in [0.5, 0.6) is 5.75 Å². The number of hydrazone groups is 1. The molecule has 0 aliphatic rings. The van der Waals surface area contributed by atoms with Crippen LogP contribution in [0.2, 0.25) is 5.02 Å². The lowest BCUT2D eigenvalue weighted by Gasteiger charge is -2.09. The van der Waals surface area contributed by atoms with E-state index >= 15 is 0 Å². The first kappa shape index (κ1) is 22.1. The van der Waals surface area contributed by atoms with Gasteiger partial charge in [-0.15, -0.1) is 0 Å².